The number of aliphatic hydroxyl groups is 1. The molecule has 1 aromatic carbocycles. The Labute approximate surface area is 144 Å². The summed E-state index contributed by atoms with van der Waals surface area (Å²) in [5.41, 5.74) is 0.822. The number of hydrogen-bond acceptors (Lipinski definition) is 4. The molecule has 1 aliphatic heterocycles. The number of nitrogens with zero attached hydrogens (tertiary/aromatic N) is 1. The Morgan fingerprint density at radius 3 is 2.58 bits per heavy atom. The molecule has 1 heterocycles. The van der Waals surface area contributed by atoms with Crippen LogP contribution in [0.3, 0.4) is 0 Å². The van der Waals surface area contributed by atoms with Crippen molar-refractivity contribution in [3.63, 3.8) is 0 Å². The number of carbonyl (C=O) groups excluding carboxylic acids is 1. The van der Waals surface area contributed by atoms with Gasteiger partial charge in [-0.25, -0.2) is 0 Å². The maximum Gasteiger partial charge on any atom is 0.241 e. The fourth-order valence-electron chi connectivity index (χ4n) is 4.10. The highest BCUT2D eigenvalue weighted by atomic mass is 16.5. The van der Waals surface area contributed by atoms with Gasteiger partial charge in [-0.1, -0.05) is 18.2 Å². The van der Waals surface area contributed by atoms with Crippen LogP contribution in [0.1, 0.15) is 33.1 Å². The zero-order valence-corrected chi connectivity index (χ0v) is 14.6. The molecule has 0 unspecified atom stereocenters. The molecule has 0 aromatic heterocycles. The normalized spacial score (nSPS) is 25.5. The summed E-state index contributed by atoms with van der Waals surface area (Å²) in [5, 5.41) is 13.7. The molecule has 132 valence electrons. The highest BCUT2D eigenvalue weighted by Crippen LogP contribution is 2.48. The summed E-state index contributed by atoms with van der Waals surface area (Å²) in [4.78, 5) is 14.6. The van der Waals surface area contributed by atoms with Crippen LogP contribution >= 0.6 is 0 Å². The number of benzene rings is 1. The van der Waals surface area contributed by atoms with E-state index in [4.69, 9.17) is 4.74 Å². The molecule has 5 nitrogen and oxygen atoms in total. The van der Waals surface area contributed by atoms with Crippen LogP contribution < -0.4 is 10.2 Å². The van der Waals surface area contributed by atoms with Gasteiger partial charge in [0.2, 0.25) is 5.91 Å². The average Bonchev–Trinajstić information content (AvgIpc) is 2.60. The Morgan fingerprint density at radius 2 is 2.00 bits per heavy atom. The topological polar surface area (TPSA) is 61.8 Å². The SMILES string of the molecule is CC(C)N(C(=O)CN[C@@H]1C[C@@H](O)C12CCOCC2)c1ccccc1. The van der Waals surface area contributed by atoms with Crippen molar-refractivity contribution in [1.29, 1.82) is 0 Å². The molecular formula is C19H28N2O3. The van der Waals surface area contributed by atoms with Crippen molar-refractivity contribution in [3.8, 4) is 0 Å². The molecule has 1 saturated heterocycles. The van der Waals surface area contributed by atoms with Crippen LogP contribution in [0, 0.1) is 5.41 Å². The third-order valence-electron chi connectivity index (χ3n) is 5.56. The lowest BCUT2D eigenvalue weighted by Crippen LogP contribution is -2.65. The second-order valence-electron chi connectivity index (χ2n) is 7.22. The van der Waals surface area contributed by atoms with Gasteiger partial charge < -0.3 is 20.1 Å². The molecule has 0 radical (unpaired) electrons. The average molecular weight is 332 g/mol. The molecule has 2 fully saturated rings. The van der Waals surface area contributed by atoms with Crippen molar-refractivity contribution >= 4 is 11.6 Å². The molecule has 2 atom stereocenters. The Bertz CT molecular complexity index is 555. The number of ether oxygens (including phenoxy) is 1. The number of aliphatic hydroxyl groups excluding tert-OH is 1. The Hall–Kier alpha value is -1.43. The molecule has 3 rings (SSSR count). The molecule has 2 aliphatic rings. The van der Waals surface area contributed by atoms with Crippen LogP contribution in [0.4, 0.5) is 5.69 Å². The third-order valence-corrected chi connectivity index (χ3v) is 5.56. The minimum atomic E-state index is -0.274. The van der Waals surface area contributed by atoms with E-state index in [0.717, 1.165) is 24.9 Å². The first kappa shape index (κ1) is 17.4. The van der Waals surface area contributed by atoms with Gasteiger partial charge in [0.25, 0.3) is 0 Å². The number of nitrogens with one attached hydrogen (secondary N) is 1. The molecule has 5 heteroatoms. The van der Waals surface area contributed by atoms with E-state index < -0.39 is 0 Å². The number of anilines is 1. The summed E-state index contributed by atoms with van der Waals surface area (Å²) in [7, 11) is 0. The summed E-state index contributed by atoms with van der Waals surface area (Å²) < 4.78 is 5.44. The van der Waals surface area contributed by atoms with Crippen LogP contribution in [-0.2, 0) is 9.53 Å². The summed E-state index contributed by atoms with van der Waals surface area (Å²) >= 11 is 0. The van der Waals surface area contributed by atoms with Gasteiger partial charge >= 0.3 is 0 Å². The molecule has 1 amide bonds. The quantitative estimate of drug-likeness (QED) is 0.865. The van der Waals surface area contributed by atoms with Crippen LogP contribution in [0.5, 0.6) is 0 Å². The number of amides is 1. The van der Waals surface area contributed by atoms with Gasteiger partial charge in [0.15, 0.2) is 0 Å². The van der Waals surface area contributed by atoms with Crippen molar-refractivity contribution in [2.75, 3.05) is 24.7 Å². The number of carbonyl (C=O) groups is 1. The molecular weight excluding hydrogens is 304 g/mol. The monoisotopic (exact) mass is 332 g/mol. The summed E-state index contributed by atoms with van der Waals surface area (Å²) in [5.74, 6) is 0.0693. The summed E-state index contributed by atoms with van der Waals surface area (Å²) in [6.07, 6.45) is 2.18. The maximum atomic E-state index is 12.8. The van der Waals surface area contributed by atoms with Gasteiger partial charge in [0.05, 0.1) is 12.6 Å². The van der Waals surface area contributed by atoms with Crippen molar-refractivity contribution in [2.45, 2.75) is 51.3 Å². The molecule has 24 heavy (non-hydrogen) atoms. The number of hydrogen-bond donors (Lipinski definition) is 2. The van der Waals surface area contributed by atoms with E-state index in [1.807, 2.05) is 49.1 Å². The highest BCUT2D eigenvalue weighted by molar-refractivity contribution is 5.95. The lowest BCUT2D eigenvalue weighted by molar-refractivity contribution is -0.149. The minimum Gasteiger partial charge on any atom is -0.392 e. The van der Waals surface area contributed by atoms with Crippen molar-refractivity contribution in [2.24, 2.45) is 5.41 Å². The van der Waals surface area contributed by atoms with Crippen molar-refractivity contribution in [3.05, 3.63) is 30.3 Å². The Kier molecular flexibility index (Phi) is 5.23. The van der Waals surface area contributed by atoms with Gasteiger partial charge in [0.1, 0.15) is 0 Å². The van der Waals surface area contributed by atoms with E-state index in [1.54, 1.807) is 0 Å². The van der Waals surface area contributed by atoms with Crippen LogP contribution in [0.15, 0.2) is 30.3 Å². The second-order valence-corrected chi connectivity index (χ2v) is 7.22. The van der Waals surface area contributed by atoms with E-state index in [9.17, 15) is 9.90 Å². The van der Waals surface area contributed by atoms with Crippen LogP contribution in [-0.4, -0.2) is 49.0 Å². The van der Waals surface area contributed by atoms with Crippen LogP contribution in [0.2, 0.25) is 0 Å². The molecule has 0 bridgehead atoms. The van der Waals surface area contributed by atoms with Gasteiger partial charge in [-0.15, -0.1) is 0 Å². The zero-order chi connectivity index (χ0) is 17.2. The van der Waals surface area contributed by atoms with Gasteiger partial charge in [-0.3, -0.25) is 4.79 Å². The fraction of sp³-hybridized carbons (Fsp3) is 0.632. The Morgan fingerprint density at radius 1 is 1.33 bits per heavy atom. The van der Waals surface area contributed by atoms with E-state index in [0.29, 0.717) is 19.8 Å². The maximum absolute atomic E-state index is 12.8. The van der Waals surface area contributed by atoms with E-state index in [2.05, 4.69) is 5.32 Å². The zero-order valence-electron chi connectivity index (χ0n) is 14.6. The van der Waals surface area contributed by atoms with Crippen molar-refractivity contribution in [1.82, 2.24) is 5.32 Å². The predicted octanol–water partition coefficient (Wildman–Crippen LogP) is 1.95. The summed E-state index contributed by atoms with van der Waals surface area (Å²) in [6.45, 7) is 5.75. The smallest absolute Gasteiger partial charge is 0.241 e. The van der Waals surface area contributed by atoms with Gasteiger partial charge in [0, 0.05) is 36.4 Å². The lowest BCUT2D eigenvalue weighted by Gasteiger charge is -2.56. The first-order chi connectivity index (χ1) is 11.5. The standard InChI is InChI=1S/C19H28N2O3/c1-14(2)21(15-6-4-3-5-7-15)18(23)13-20-16-12-17(22)19(16)8-10-24-11-9-19/h3-7,14,16-17,20,22H,8-13H2,1-2H3/t16-,17-/m1/s1. The molecule has 1 aliphatic carbocycles. The van der Waals surface area contributed by atoms with E-state index in [-0.39, 0.29) is 29.5 Å². The molecule has 1 aromatic rings. The third kappa shape index (κ3) is 3.21. The molecule has 1 saturated carbocycles. The van der Waals surface area contributed by atoms with Gasteiger partial charge in [-0.05, 0) is 45.2 Å². The lowest BCUT2D eigenvalue weighted by atomic mass is 9.58. The highest BCUT2D eigenvalue weighted by Gasteiger charge is 2.54. The predicted molar refractivity (Wildman–Crippen MR) is 94.0 cm³/mol. The second kappa shape index (κ2) is 7.21. The minimum absolute atomic E-state index is 0.0693. The fourth-order valence-corrected chi connectivity index (χ4v) is 4.10. The molecule has 2 N–H and O–H groups in total. The number of para-hydroxylation sites is 1. The first-order valence-electron chi connectivity index (χ1n) is 8.91. The van der Waals surface area contributed by atoms with Crippen molar-refractivity contribution < 1.29 is 14.6 Å². The number of rotatable bonds is 5. The first-order valence-corrected chi connectivity index (χ1v) is 8.91. The molecule has 1 spiro atoms. The van der Waals surface area contributed by atoms with E-state index >= 15 is 0 Å². The summed E-state index contributed by atoms with van der Waals surface area (Å²) in [6, 6.07) is 10.1. The van der Waals surface area contributed by atoms with E-state index in [1.165, 1.54) is 0 Å². The largest absolute Gasteiger partial charge is 0.392 e. The van der Waals surface area contributed by atoms with Gasteiger partial charge in [-0.2, -0.15) is 0 Å². The van der Waals surface area contributed by atoms with Crippen LogP contribution in [0.25, 0.3) is 0 Å². The Balaban J connectivity index is 1.62.